The van der Waals surface area contributed by atoms with Gasteiger partial charge in [0.2, 0.25) is 5.91 Å². The van der Waals surface area contributed by atoms with Gasteiger partial charge in [-0.1, -0.05) is 0 Å². The van der Waals surface area contributed by atoms with Crippen molar-refractivity contribution < 1.29 is 4.79 Å². The summed E-state index contributed by atoms with van der Waals surface area (Å²) in [5.74, 6) is -0.0764. The standard InChI is InChI=1S/C5H13N3O/c1-4(6)3-5(9)8-7-2/h4,7H,3,6H2,1-2H3,(H,8,9). The lowest BCUT2D eigenvalue weighted by Crippen LogP contribution is -2.37. The zero-order valence-corrected chi connectivity index (χ0v) is 5.77. The monoisotopic (exact) mass is 131 g/mol. The predicted octanol–water partition coefficient (Wildman–Crippen LogP) is -1.03. The molecule has 0 aliphatic rings. The summed E-state index contributed by atoms with van der Waals surface area (Å²) in [5.41, 5.74) is 10.3. The van der Waals surface area contributed by atoms with Crippen LogP contribution in [-0.4, -0.2) is 19.0 Å². The first kappa shape index (κ1) is 8.39. The van der Waals surface area contributed by atoms with Crippen molar-refractivity contribution in [3.63, 3.8) is 0 Å². The van der Waals surface area contributed by atoms with Crippen molar-refractivity contribution in [2.24, 2.45) is 5.73 Å². The molecule has 0 aromatic rings. The average Bonchev–Trinajstić information content (AvgIpc) is 1.63. The Labute approximate surface area is 54.8 Å². The van der Waals surface area contributed by atoms with Gasteiger partial charge in [0, 0.05) is 19.5 Å². The summed E-state index contributed by atoms with van der Waals surface area (Å²) in [5, 5.41) is 0. The molecule has 0 fully saturated rings. The van der Waals surface area contributed by atoms with E-state index in [9.17, 15) is 4.79 Å². The zero-order valence-electron chi connectivity index (χ0n) is 5.77. The zero-order chi connectivity index (χ0) is 7.28. The molecule has 0 saturated heterocycles. The topological polar surface area (TPSA) is 67.1 Å². The summed E-state index contributed by atoms with van der Waals surface area (Å²) in [6.45, 7) is 1.79. The van der Waals surface area contributed by atoms with Gasteiger partial charge in [0.1, 0.15) is 0 Å². The lowest BCUT2D eigenvalue weighted by Gasteiger charge is -2.03. The SMILES string of the molecule is CNNC(=O)CC(C)N. The van der Waals surface area contributed by atoms with Crippen molar-refractivity contribution >= 4 is 5.91 Å². The van der Waals surface area contributed by atoms with Gasteiger partial charge in [0.05, 0.1) is 0 Å². The van der Waals surface area contributed by atoms with E-state index < -0.39 is 0 Å². The van der Waals surface area contributed by atoms with E-state index in [1.807, 2.05) is 0 Å². The lowest BCUT2D eigenvalue weighted by molar-refractivity contribution is -0.122. The second-order valence-corrected chi connectivity index (χ2v) is 1.98. The molecule has 0 heterocycles. The van der Waals surface area contributed by atoms with Crippen molar-refractivity contribution in [1.82, 2.24) is 10.9 Å². The molecule has 0 aliphatic carbocycles. The Kier molecular flexibility index (Phi) is 4.00. The molecule has 0 aromatic heterocycles. The van der Waals surface area contributed by atoms with Crippen LogP contribution >= 0.6 is 0 Å². The van der Waals surface area contributed by atoms with E-state index in [1.165, 1.54) is 0 Å². The molecule has 9 heavy (non-hydrogen) atoms. The maximum Gasteiger partial charge on any atom is 0.235 e. The van der Waals surface area contributed by atoms with Crippen LogP contribution in [0.2, 0.25) is 0 Å². The van der Waals surface area contributed by atoms with E-state index in [4.69, 9.17) is 5.73 Å². The largest absolute Gasteiger partial charge is 0.327 e. The van der Waals surface area contributed by atoms with Crippen molar-refractivity contribution in [3.8, 4) is 0 Å². The third-order valence-electron chi connectivity index (χ3n) is 0.772. The van der Waals surface area contributed by atoms with Gasteiger partial charge >= 0.3 is 0 Å². The number of hydrogen-bond donors (Lipinski definition) is 3. The van der Waals surface area contributed by atoms with Crippen LogP contribution in [0.25, 0.3) is 0 Å². The summed E-state index contributed by atoms with van der Waals surface area (Å²) < 4.78 is 0. The molecule has 1 atom stereocenters. The number of hydrogen-bond acceptors (Lipinski definition) is 3. The number of carbonyl (C=O) groups excluding carboxylic acids is 1. The van der Waals surface area contributed by atoms with Crippen molar-refractivity contribution in [1.29, 1.82) is 0 Å². The molecule has 1 unspecified atom stereocenters. The third kappa shape index (κ3) is 5.26. The van der Waals surface area contributed by atoms with Gasteiger partial charge in [-0.05, 0) is 6.92 Å². The molecule has 0 rings (SSSR count). The van der Waals surface area contributed by atoms with Crippen LogP contribution in [0.4, 0.5) is 0 Å². The number of nitrogens with one attached hydrogen (secondary N) is 2. The van der Waals surface area contributed by atoms with Gasteiger partial charge in [0.15, 0.2) is 0 Å². The highest BCUT2D eigenvalue weighted by atomic mass is 16.2. The van der Waals surface area contributed by atoms with Crippen LogP contribution in [0.5, 0.6) is 0 Å². The molecule has 0 aliphatic heterocycles. The van der Waals surface area contributed by atoms with Gasteiger partial charge in [-0.15, -0.1) is 0 Å². The molecule has 0 aromatic carbocycles. The van der Waals surface area contributed by atoms with Crippen LogP contribution < -0.4 is 16.6 Å². The quantitative estimate of drug-likeness (QED) is 0.429. The van der Waals surface area contributed by atoms with Crippen molar-refractivity contribution in [2.75, 3.05) is 7.05 Å². The predicted molar refractivity (Wildman–Crippen MR) is 35.5 cm³/mol. The van der Waals surface area contributed by atoms with E-state index in [2.05, 4.69) is 10.9 Å². The van der Waals surface area contributed by atoms with E-state index >= 15 is 0 Å². The smallest absolute Gasteiger partial charge is 0.235 e. The fraction of sp³-hybridized carbons (Fsp3) is 0.800. The minimum atomic E-state index is -0.0764. The lowest BCUT2D eigenvalue weighted by atomic mass is 10.2. The van der Waals surface area contributed by atoms with Gasteiger partial charge < -0.3 is 5.73 Å². The minimum Gasteiger partial charge on any atom is -0.327 e. The summed E-state index contributed by atoms with van der Waals surface area (Å²) in [7, 11) is 1.64. The highest BCUT2D eigenvalue weighted by Gasteiger charge is 2.01. The average molecular weight is 131 g/mol. The summed E-state index contributed by atoms with van der Waals surface area (Å²) >= 11 is 0. The molecule has 4 N–H and O–H groups in total. The maximum absolute atomic E-state index is 10.6. The molecular formula is C5H13N3O. The Bertz CT molecular complexity index is 92.2. The third-order valence-corrected chi connectivity index (χ3v) is 0.772. The van der Waals surface area contributed by atoms with Gasteiger partial charge in [-0.25, -0.2) is 5.43 Å². The van der Waals surface area contributed by atoms with E-state index in [-0.39, 0.29) is 11.9 Å². The van der Waals surface area contributed by atoms with Crippen molar-refractivity contribution in [2.45, 2.75) is 19.4 Å². The van der Waals surface area contributed by atoms with Gasteiger partial charge in [-0.2, -0.15) is 0 Å². The van der Waals surface area contributed by atoms with Crippen LogP contribution in [0.15, 0.2) is 0 Å². The Hall–Kier alpha value is -0.610. The first-order valence-corrected chi connectivity index (χ1v) is 2.88. The molecule has 0 radical (unpaired) electrons. The van der Waals surface area contributed by atoms with Gasteiger partial charge in [-0.3, -0.25) is 10.2 Å². The normalized spacial score (nSPS) is 12.8. The summed E-state index contributed by atoms with van der Waals surface area (Å²) in [6, 6.07) is -0.0710. The van der Waals surface area contributed by atoms with Crippen molar-refractivity contribution in [3.05, 3.63) is 0 Å². The van der Waals surface area contributed by atoms with Crippen LogP contribution in [-0.2, 0) is 4.79 Å². The maximum atomic E-state index is 10.6. The van der Waals surface area contributed by atoms with E-state index in [1.54, 1.807) is 14.0 Å². The molecule has 4 heteroatoms. The molecule has 1 amide bonds. The number of carbonyl (C=O) groups is 1. The first-order chi connectivity index (χ1) is 4.16. The molecular weight excluding hydrogens is 118 g/mol. The summed E-state index contributed by atoms with van der Waals surface area (Å²) in [6.07, 6.45) is 0.362. The van der Waals surface area contributed by atoms with Crippen LogP contribution in [0.1, 0.15) is 13.3 Å². The van der Waals surface area contributed by atoms with E-state index in [0.717, 1.165) is 0 Å². The fourth-order valence-electron chi connectivity index (χ4n) is 0.483. The molecule has 0 saturated carbocycles. The molecule has 54 valence electrons. The second-order valence-electron chi connectivity index (χ2n) is 1.98. The van der Waals surface area contributed by atoms with Crippen LogP contribution in [0, 0.1) is 0 Å². The number of nitrogens with two attached hydrogens (primary N) is 1. The second kappa shape index (κ2) is 4.29. The Morgan fingerprint density at radius 1 is 1.78 bits per heavy atom. The minimum absolute atomic E-state index is 0.0710. The first-order valence-electron chi connectivity index (χ1n) is 2.88. The molecule has 4 nitrogen and oxygen atoms in total. The highest BCUT2D eigenvalue weighted by molar-refractivity contribution is 5.75. The Morgan fingerprint density at radius 3 is 2.67 bits per heavy atom. The number of hydrazine groups is 1. The van der Waals surface area contributed by atoms with E-state index in [0.29, 0.717) is 6.42 Å². The fourth-order valence-corrected chi connectivity index (χ4v) is 0.483. The Balaban J connectivity index is 3.27. The molecule has 0 spiro atoms. The van der Waals surface area contributed by atoms with Gasteiger partial charge in [0.25, 0.3) is 0 Å². The Morgan fingerprint density at radius 2 is 2.33 bits per heavy atom. The highest BCUT2D eigenvalue weighted by Crippen LogP contribution is 1.82. The number of rotatable bonds is 3. The number of amides is 1. The molecule has 0 bridgehead atoms. The van der Waals surface area contributed by atoms with Crippen LogP contribution in [0.3, 0.4) is 0 Å². The summed E-state index contributed by atoms with van der Waals surface area (Å²) in [4.78, 5) is 10.6.